The highest BCUT2D eigenvalue weighted by molar-refractivity contribution is 6.28. The predicted molar refractivity (Wildman–Crippen MR) is 83.7 cm³/mol. The molecule has 5 nitrogen and oxygen atoms in total. The molecule has 0 aliphatic rings. The van der Waals surface area contributed by atoms with E-state index in [0.717, 1.165) is 6.42 Å². The molecule has 112 valence electrons. The van der Waals surface area contributed by atoms with Crippen molar-refractivity contribution >= 4 is 17.5 Å². The first kappa shape index (κ1) is 15.5. The van der Waals surface area contributed by atoms with Crippen molar-refractivity contribution in [3.63, 3.8) is 0 Å². The summed E-state index contributed by atoms with van der Waals surface area (Å²) >= 11 is 5.92. The summed E-state index contributed by atoms with van der Waals surface area (Å²) in [5, 5.41) is 3.39. The number of hydrogen-bond acceptors (Lipinski definition) is 5. The van der Waals surface area contributed by atoms with Crippen LogP contribution < -0.4 is 10.1 Å². The highest BCUT2D eigenvalue weighted by atomic mass is 35.5. The quantitative estimate of drug-likeness (QED) is 0.877. The Morgan fingerprint density at radius 1 is 1.14 bits per heavy atom. The van der Waals surface area contributed by atoms with Gasteiger partial charge >= 0.3 is 6.01 Å². The minimum absolute atomic E-state index is 0.0209. The van der Waals surface area contributed by atoms with E-state index in [1.807, 2.05) is 32.0 Å². The molecular weight excluding hydrogens is 288 g/mol. The average Bonchev–Trinajstić information content (AvgIpc) is 2.44. The van der Waals surface area contributed by atoms with Gasteiger partial charge in [-0.1, -0.05) is 37.3 Å². The van der Waals surface area contributed by atoms with E-state index in [1.165, 1.54) is 5.56 Å². The van der Waals surface area contributed by atoms with E-state index in [-0.39, 0.29) is 23.4 Å². The number of halogens is 1. The van der Waals surface area contributed by atoms with Crippen molar-refractivity contribution in [3.8, 4) is 6.01 Å². The maximum atomic E-state index is 5.92. The molecular formula is C15H19ClN4O. The second-order valence-corrected chi connectivity index (χ2v) is 5.23. The van der Waals surface area contributed by atoms with Gasteiger partial charge in [0.1, 0.15) is 0 Å². The molecule has 0 fully saturated rings. The van der Waals surface area contributed by atoms with Gasteiger partial charge in [-0.15, -0.1) is 0 Å². The molecule has 0 bridgehead atoms. The number of ether oxygens (including phenoxy) is 1. The van der Waals surface area contributed by atoms with Crippen molar-refractivity contribution in [3.05, 3.63) is 41.2 Å². The highest BCUT2D eigenvalue weighted by Gasteiger charge is 2.13. The monoisotopic (exact) mass is 306 g/mol. The van der Waals surface area contributed by atoms with Gasteiger partial charge in [-0.05, 0) is 37.4 Å². The largest absolute Gasteiger partial charge is 0.461 e. The molecule has 0 saturated carbocycles. The van der Waals surface area contributed by atoms with E-state index >= 15 is 0 Å². The fraction of sp³-hybridized carbons (Fsp3) is 0.400. The molecule has 6 heteroatoms. The topological polar surface area (TPSA) is 59.9 Å². The lowest BCUT2D eigenvalue weighted by atomic mass is 10.1. The van der Waals surface area contributed by atoms with Gasteiger partial charge in [0.05, 0.1) is 12.1 Å². The number of benzene rings is 1. The van der Waals surface area contributed by atoms with Gasteiger partial charge in [-0.25, -0.2) is 0 Å². The molecule has 0 radical (unpaired) electrons. The van der Waals surface area contributed by atoms with Crippen LogP contribution in [0.25, 0.3) is 0 Å². The van der Waals surface area contributed by atoms with Crippen LogP contribution in [-0.4, -0.2) is 21.1 Å². The van der Waals surface area contributed by atoms with Crippen molar-refractivity contribution < 1.29 is 4.74 Å². The fourth-order valence-electron chi connectivity index (χ4n) is 1.92. The van der Waals surface area contributed by atoms with Crippen LogP contribution in [-0.2, 0) is 0 Å². The van der Waals surface area contributed by atoms with Crippen LogP contribution in [0.15, 0.2) is 30.3 Å². The molecule has 0 aliphatic heterocycles. The molecule has 1 heterocycles. The van der Waals surface area contributed by atoms with Crippen molar-refractivity contribution in [2.24, 2.45) is 0 Å². The molecule has 2 aromatic rings. The van der Waals surface area contributed by atoms with Crippen LogP contribution in [0.5, 0.6) is 6.01 Å². The number of nitrogens with one attached hydrogen (secondary N) is 1. The van der Waals surface area contributed by atoms with Crippen LogP contribution in [0.2, 0.25) is 5.28 Å². The fourth-order valence-corrected chi connectivity index (χ4v) is 2.07. The Hall–Kier alpha value is -1.88. The van der Waals surface area contributed by atoms with E-state index in [4.69, 9.17) is 16.3 Å². The Labute approximate surface area is 129 Å². The Balaban J connectivity index is 2.19. The Morgan fingerprint density at radius 3 is 2.48 bits per heavy atom. The Morgan fingerprint density at radius 2 is 1.86 bits per heavy atom. The van der Waals surface area contributed by atoms with Gasteiger partial charge in [-0.3, -0.25) is 0 Å². The smallest absolute Gasteiger partial charge is 0.322 e. The first-order chi connectivity index (χ1) is 10.1. The van der Waals surface area contributed by atoms with E-state index in [0.29, 0.717) is 5.95 Å². The van der Waals surface area contributed by atoms with Crippen LogP contribution in [0, 0.1) is 0 Å². The van der Waals surface area contributed by atoms with Gasteiger partial charge in [0.2, 0.25) is 11.2 Å². The van der Waals surface area contributed by atoms with E-state index < -0.39 is 0 Å². The van der Waals surface area contributed by atoms with Gasteiger partial charge in [0.25, 0.3) is 0 Å². The third-order valence-corrected chi connectivity index (χ3v) is 3.01. The van der Waals surface area contributed by atoms with Crippen LogP contribution >= 0.6 is 11.6 Å². The summed E-state index contributed by atoms with van der Waals surface area (Å²) in [4.78, 5) is 12.3. The second kappa shape index (κ2) is 7.22. The lowest BCUT2D eigenvalue weighted by molar-refractivity contribution is 0.222. The molecule has 1 atom stereocenters. The summed E-state index contributed by atoms with van der Waals surface area (Å²) in [7, 11) is 0. The average molecular weight is 307 g/mol. The minimum Gasteiger partial charge on any atom is -0.461 e. The van der Waals surface area contributed by atoms with Crippen LogP contribution in [0.3, 0.4) is 0 Å². The molecule has 1 N–H and O–H groups in total. The molecule has 2 rings (SSSR count). The molecule has 1 aromatic heterocycles. The van der Waals surface area contributed by atoms with Gasteiger partial charge < -0.3 is 10.1 Å². The third kappa shape index (κ3) is 4.56. The summed E-state index contributed by atoms with van der Waals surface area (Å²) in [5.74, 6) is 0.418. The SMILES string of the molecule is CCC(Nc1nc(Cl)nc(OC(C)C)n1)c1ccccc1. The van der Waals surface area contributed by atoms with Gasteiger partial charge in [0, 0.05) is 0 Å². The zero-order chi connectivity index (χ0) is 15.2. The first-order valence-corrected chi connectivity index (χ1v) is 7.36. The maximum Gasteiger partial charge on any atom is 0.322 e. The zero-order valence-corrected chi connectivity index (χ0v) is 13.1. The third-order valence-electron chi connectivity index (χ3n) is 2.84. The molecule has 1 aromatic carbocycles. The molecule has 0 aliphatic carbocycles. The van der Waals surface area contributed by atoms with E-state index in [9.17, 15) is 0 Å². The second-order valence-electron chi connectivity index (χ2n) is 4.89. The van der Waals surface area contributed by atoms with Gasteiger partial charge in [0.15, 0.2) is 0 Å². The van der Waals surface area contributed by atoms with Crippen LogP contribution in [0.1, 0.15) is 38.8 Å². The summed E-state index contributed by atoms with van der Waals surface area (Å²) in [6.07, 6.45) is 0.876. The maximum absolute atomic E-state index is 5.92. The normalized spacial score (nSPS) is 12.2. The number of anilines is 1. The summed E-state index contributed by atoms with van der Waals surface area (Å²) in [6.45, 7) is 5.91. The summed E-state index contributed by atoms with van der Waals surface area (Å²) < 4.78 is 5.47. The summed E-state index contributed by atoms with van der Waals surface area (Å²) in [5.41, 5.74) is 1.17. The van der Waals surface area contributed by atoms with E-state index in [1.54, 1.807) is 0 Å². The van der Waals surface area contributed by atoms with Gasteiger partial charge in [-0.2, -0.15) is 15.0 Å². The number of hydrogen-bond donors (Lipinski definition) is 1. The Bertz CT molecular complexity index is 577. The van der Waals surface area contributed by atoms with Crippen molar-refractivity contribution in [1.82, 2.24) is 15.0 Å². The number of rotatable bonds is 6. The molecule has 21 heavy (non-hydrogen) atoms. The lowest BCUT2D eigenvalue weighted by Gasteiger charge is -2.17. The first-order valence-electron chi connectivity index (χ1n) is 6.98. The minimum atomic E-state index is -0.0209. The molecule has 0 spiro atoms. The number of aromatic nitrogens is 3. The predicted octanol–water partition coefficient (Wildman–Crippen LogP) is 3.88. The molecule has 0 saturated heterocycles. The van der Waals surface area contributed by atoms with Crippen LogP contribution in [0.4, 0.5) is 5.95 Å². The lowest BCUT2D eigenvalue weighted by Crippen LogP contribution is -2.14. The summed E-state index contributed by atoms with van der Waals surface area (Å²) in [6, 6.07) is 10.5. The van der Waals surface area contributed by atoms with E-state index in [2.05, 4.69) is 39.3 Å². The molecule has 1 unspecified atom stereocenters. The molecule has 0 amide bonds. The van der Waals surface area contributed by atoms with Crippen molar-refractivity contribution in [2.75, 3.05) is 5.32 Å². The Kier molecular flexibility index (Phi) is 5.33. The van der Waals surface area contributed by atoms with Crippen molar-refractivity contribution in [1.29, 1.82) is 0 Å². The highest BCUT2D eigenvalue weighted by Crippen LogP contribution is 2.22. The van der Waals surface area contributed by atoms with Crippen molar-refractivity contribution in [2.45, 2.75) is 39.3 Å². The zero-order valence-electron chi connectivity index (χ0n) is 12.4. The number of nitrogens with zero attached hydrogens (tertiary/aromatic N) is 3. The standard InChI is InChI=1S/C15H19ClN4O/c1-4-12(11-8-6-5-7-9-11)17-14-18-13(16)19-15(20-14)21-10(2)3/h5-10,12H,4H2,1-3H3,(H,17,18,19,20).